The van der Waals surface area contributed by atoms with Gasteiger partial charge in [-0.25, -0.2) is 0 Å². The van der Waals surface area contributed by atoms with E-state index in [1.54, 1.807) is 7.11 Å². The van der Waals surface area contributed by atoms with Crippen LogP contribution < -0.4 is 14.2 Å². The van der Waals surface area contributed by atoms with Crippen LogP contribution in [0.15, 0.2) is 12.6 Å². The van der Waals surface area contributed by atoms with E-state index in [2.05, 4.69) is 13.5 Å². The zero-order valence-electron chi connectivity index (χ0n) is 9.71. The lowest BCUT2D eigenvalue weighted by molar-refractivity contribution is 0.171. The molecule has 0 spiro atoms. The van der Waals surface area contributed by atoms with Crippen LogP contribution in [-0.4, -0.2) is 13.9 Å². The SMILES string of the molecule is C=Cc1c(CCC)cc2c(c1OC)OCO2. The molecule has 1 aliphatic heterocycles. The van der Waals surface area contributed by atoms with Gasteiger partial charge in [-0.1, -0.05) is 26.0 Å². The van der Waals surface area contributed by atoms with E-state index in [0.717, 1.165) is 29.9 Å². The third kappa shape index (κ3) is 1.62. The van der Waals surface area contributed by atoms with Crippen molar-refractivity contribution in [3.05, 3.63) is 23.8 Å². The molecule has 0 N–H and O–H groups in total. The zero-order valence-corrected chi connectivity index (χ0v) is 9.71. The Kier molecular flexibility index (Phi) is 3.04. The van der Waals surface area contributed by atoms with Crippen molar-refractivity contribution in [3.63, 3.8) is 0 Å². The van der Waals surface area contributed by atoms with Gasteiger partial charge < -0.3 is 14.2 Å². The van der Waals surface area contributed by atoms with Crippen molar-refractivity contribution >= 4 is 6.08 Å². The van der Waals surface area contributed by atoms with E-state index < -0.39 is 0 Å². The number of rotatable bonds is 4. The molecule has 0 saturated carbocycles. The minimum atomic E-state index is 0.262. The fourth-order valence-corrected chi connectivity index (χ4v) is 1.98. The number of hydrogen-bond donors (Lipinski definition) is 0. The summed E-state index contributed by atoms with van der Waals surface area (Å²) in [5.41, 5.74) is 2.20. The predicted octanol–water partition coefficient (Wildman–Crippen LogP) is 3.02. The maximum Gasteiger partial charge on any atom is 0.231 e. The van der Waals surface area contributed by atoms with Crippen molar-refractivity contribution in [1.82, 2.24) is 0 Å². The van der Waals surface area contributed by atoms with Crippen LogP contribution in [0, 0.1) is 0 Å². The minimum absolute atomic E-state index is 0.262. The smallest absolute Gasteiger partial charge is 0.231 e. The Morgan fingerprint density at radius 2 is 2.31 bits per heavy atom. The molecular formula is C13H16O3. The van der Waals surface area contributed by atoms with E-state index in [-0.39, 0.29) is 6.79 Å². The first-order chi connectivity index (χ1) is 7.81. The van der Waals surface area contributed by atoms with Crippen LogP contribution in [-0.2, 0) is 6.42 Å². The number of aryl methyl sites for hydroxylation is 1. The highest BCUT2D eigenvalue weighted by molar-refractivity contribution is 5.69. The molecule has 1 aromatic carbocycles. The van der Waals surface area contributed by atoms with Gasteiger partial charge in [0.05, 0.1) is 7.11 Å². The lowest BCUT2D eigenvalue weighted by atomic mass is 10.0. The van der Waals surface area contributed by atoms with Gasteiger partial charge in [0, 0.05) is 5.56 Å². The summed E-state index contributed by atoms with van der Waals surface area (Å²) in [6.45, 7) is 6.24. The summed E-state index contributed by atoms with van der Waals surface area (Å²) in [5, 5.41) is 0. The number of ether oxygens (including phenoxy) is 3. The van der Waals surface area contributed by atoms with Gasteiger partial charge in [-0.15, -0.1) is 0 Å². The van der Waals surface area contributed by atoms with Gasteiger partial charge in [-0.3, -0.25) is 0 Å². The van der Waals surface area contributed by atoms with Gasteiger partial charge in [0.25, 0.3) is 0 Å². The van der Waals surface area contributed by atoms with Gasteiger partial charge >= 0.3 is 0 Å². The number of methoxy groups -OCH3 is 1. The first-order valence-corrected chi connectivity index (χ1v) is 5.43. The second-order valence-electron chi connectivity index (χ2n) is 3.67. The molecule has 16 heavy (non-hydrogen) atoms. The Bertz CT molecular complexity index is 410. The van der Waals surface area contributed by atoms with Crippen molar-refractivity contribution in [2.24, 2.45) is 0 Å². The van der Waals surface area contributed by atoms with Gasteiger partial charge in [0.15, 0.2) is 11.5 Å². The highest BCUT2D eigenvalue weighted by atomic mass is 16.7. The standard InChI is InChI=1S/C13H16O3/c1-4-6-9-7-11-13(16-8-15-11)12(14-3)10(9)5-2/h5,7H,2,4,6,8H2,1,3H3. The molecule has 0 amide bonds. The average molecular weight is 220 g/mol. The first-order valence-electron chi connectivity index (χ1n) is 5.43. The first kappa shape index (κ1) is 10.9. The van der Waals surface area contributed by atoms with Crippen LogP contribution in [0.2, 0.25) is 0 Å². The molecule has 0 atom stereocenters. The van der Waals surface area contributed by atoms with Crippen LogP contribution in [0.4, 0.5) is 0 Å². The fraction of sp³-hybridized carbons (Fsp3) is 0.385. The molecule has 0 fully saturated rings. The van der Waals surface area contributed by atoms with Crippen LogP contribution in [0.25, 0.3) is 6.08 Å². The normalized spacial score (nSPS) is 12.6. The summed E-state index contributed by atoms with van der Waals surface area (Å²) in [5.74, 6) is 2.19. The number of benzene rings is 1. The van der Waals surface area contributed by atoms with E-state index in [1.807, 2.05) is 12.1 Å². The second kappa shape index (κ2) is 4.47. The van der Waals surface area contributed by atoms with Gasteiger partial charge in [0.2, 0.25) is 12.5 Å². The molecule has 1 aliphatic rings. The summed E-state index contributed by atoms with van der Waals surface area (Å²) in [6, 6.07) is 2.02. The van der Waals surface area contributed by atoms with E-state index >= 15 is 0 Å². The largest absolute Gasteiger partial charge is 0.492 e. The summed E-state index contributed by atoms with van der Waals surface area (Å²) < 4.78 is 16.2. The molecule has 0 unspecified atom stereocenters. The van der Waals surface area contributed by atoms with Gasteiger partial charge in [-0.2, -0.15) is 0 Å². The Hall–Kier alpha value is -1.64. The summed E-state index contributed by atoms with van der Waals surface area (Å²) >= 11 is 0. The molecule has 0 radical (unpaired) electrons. The van der Waals surface area contributed by atoms with Crippen molar-refractivity contribution < 1.29 is 14.2 Å². The molecular weight excluding hydrogens is 204 g/mol. The van der Waals surface area contributed by atoms with E-state index in [9.17, 15) is 0 Å². The molecule has 2 rings (SSSR count). The third-order valence-electron chi connectivity index (χ3n) is 2.67. The number of fused-ring (bicyclic) bond motifs is 1. The molecule has 1 heterocycles. The lowest BCUT2D eigenvalue weighted by Gasteiger charge is -2.12. The third-order valence-corrected chi connectivity index (χ3v) is 2.67. The topological polar surface area (TPSA) is 27.7 Å². The highest BCUT2D eigenvalue weighted by Crippen LogP contribution is 2.45. The monoisotopic (exact) mass is 220 g/mol. The molecule has 1 aromatic rings. The summed E-state index contributed by atoms with van der Waals surface area (Å²) in [7, 11) is 1.64. The van der Waals surface area contributed by atoms with Gasteiger partial charge in [-0.05, 0) is 18.1 Å². The van der Waals surface area contributed by atoms with E-state index in [1.165, 1.54) is 5.56 Å². The van der Waals surface area contributed by atoms with Crippen molar-refractivity contribution in [3.8, 4) is 17.2 Å². The molecule has 0 bridgehead atoms. The predicted molar refractivity (Wildman–Crippen MR) is 63.2 cm³/mol. The maximum atomic E-state index is 5.40. The average Bonchev–Trinajstić information content (AvgIpc) is 2.75. The lowest BCUT2D eigenvalue weighted by Crippen LogP contribution is -1.96. The molecule has 86 valence electrons. The van der Waals surface area contributed by atoms with Gasteiger partial charge in [0.1, 0.15) is 0 Å². The highest BCUT2D eigenvalue weighted by Gasteiger charge is 2.23. The van der Waals surface area contributed by atoms with Crippen LogP contribution in [0.5, 0.6) is 17.2 Å². The van der Waals surface area contributed by atoms with E-state index in [0.29, 0.717) is 5.75 Å². The summed E-state index contributed by atoms with van der Waals surface area (Å²) in [6.07, 6.45) is 3.86. The molecule has 0 aromatic heterocycles. The van der Waals surface area contributed by atoms with Crippen molar-refractivity contribution in [1.29, 1.82) is 0 Å². The zero-order chi connectivity index (χ0) is 11.5. The van der Waals surface area contributed by atoms with Crippen LogP contribution in [0.3, 0.4) is 0 Å². The minimum Gasteiger partial charge on any atom is -0.492 e. The van der Waals surface area contributed by atoms with Crippen LogP contribution in [0.1, 0.15) is 24.5 Å². The van der Waals surface area contributed by atoms with E-state index in [4.69, 9.17) is 14.2 Å². The second-order valence-corrected chi connectivity index (χ2v) is 3.67. The molecule has 0 saturated heterocycles. The Morgan fingerprint density at radius 1 is 1.50 bits per heavy atom. The number of hydrogen-bond acceptors (Lipinski definition) is 3. The Morgan fingerprint density at radius 3 is 2.94 bits per heavy atom. The molecule has 0 aliphatic carbocycles. The quantitative estimate of drug-likeness (QED) is 0.780. The van der Waals surface area contributed by atoms with Crippen LogP contribution >= 0.6 is 0 Å². The molecule has 3 nitrogen and oxygen atoms in total. The maximum absolute atomic E-state index is 5.40. The van der Waals surface area contributed by atoms with Crippen molar-refractivity contribution in [2.75, 3.05) is 13.9 Å². The van der Waals surface area contributed by atoms with Crippen molar-refractivity contribution in [2.45, 2.75) is 19.8 Å². The Labute approximate surface area is 95.6 Å². The fourth-order valence-electron chi connectivity index (χ4n) is 1.98. The molecule has 3 heteroatoms. The Balaban J connectivity index is 2.58. The summed E-state index contributed by atoms with van der Waals surface area (Å²) in [4.78, 5) is 0.